The Labute approximate surface area is 307 Å². The second-order valence-corrected chi connectivity index (χ2v) is 18.9. The lowest BCUT2D eigenvalue weighted by Gasteiger charge is -2.23. The lowest BCUT2D eigenvalue weighted by molar-refractivity contribution is 0.590. The van der Waals surface area contributed by atoms with E-state index in [-0.39, 0.29) is 21.7 Å². The molecule has 0 aromatic heterocycles. The first kappa shape index (κ1) is 34.8. The lowest BCUT2D eigenvalue weighted by Crippen LogP contribution is -2.13. The average molecular weight is 670 g/mol. The van der Waals surface area contributed by atoms with Gasteiger partial charge in [-0.05, 0) is 125 Å². The Kier molecular flexibility index (Phi) is 8.18. The van der Waals surface area contributed by atoms with Crippen LogP contribution < -0.4 is 4.90 Å². The van der Waals surface area contributed by atoms with Crippen LogP contribution >= 0.6 is 0 Å². The molecule has 0 heterocycles. The summed E-state index contributed by atoms with van der Waals surface area (Å²) in [5.41, 5.74) is 19.7. The first-order valence-corrected chi connectivity index (χ1v) is 18.7. The van der Waals surface area contributed by atoms with Gasteiger partial charge < -0.3 is 4.90 Å². The first-order valence-electron chi connectivity index (χ1n) is 18.7. The second kappa shape index (κ2) is 12.0. The first-order chi connectivity index (χ1) is 23.8. The normalized spacial score (nSPS) is 13.8. The van der Waals surface area contributed by atoms with Crippen molar-refractivity contribution in [2.75, 3.05) is 4.90 Å². The highest BCUT2D eigenvalue weighted by Gasteiger charge is 2.31. The van der Waals surface area contributed by atoms with Crippen molar-refractivity contribution in [3.63, 3.8) is 0 Å². The van der Waals surface area contributed by atoms with Gasteiger partial charge in [-0.25, -0.2) is 0 Å². The molecule has 5 aromatic rings. The van der Waals surface area contributed by atoms with E-state index in [1.807, 2.05) is 0 Å². The fourth-order valence-electron chi connectivity index (χ4n) is 7.51. The quantitative estimate of drug-likeness (QED) is 0.181. The Morgan fingerprint density at radius 2 is 0.608 bits per heavy atom. The number of nitrogens with zero attached hydrogens (tertiary/aromatic N) is 1. The maximum Gasteiger partial charge on any atom is 0.0449 e. The monoisotopic (exact) mass is 669 g/mol. The third kappa shape index (κ3) is 6.41. The highest BCUT2D eigenvalue weighted by molar-refractivity contribution is 6.04. The number of hydrogen-bond donors (Lipinski definition) is 0. The van der Waals surface area contributed by atoms with E-state index in [2.05, 4.69) is 204 Å². The molecule has 2 aliphatic rings. The topological polar surface area (TPSA) is 3.24 Å². The van der Waals surface area contributed by atoms with Crippen molar-refractivity contribution in [3.8, 4) is 22.3 Å². The van der Waals surface area contributed by atoms with Gasteiger partial charge in [-0.2, -0.15) is 0 Å². The van der Waals surface area contributed by atoms with E-state index in [1.165, 1.54) is 77.9 Å². The number of hydrogen-bond acceptors (Lipinski definition) is 1. The molecular weight excluding hydrogens is 615 g/mol. The summed E-state index contributed by atoms with van der Waals surface area (Å²) < 4.78 is 0. The van der Waals surface area contributed by atoms with E-state index < -0.39 is 0 Å². The number of fused-ring (bicyclic) bond motifs is 6. The van der Waals surface area contributed by atoms with E-state index in [0.717, 1.165) is 5.69 Å². The van der Waals surface area contributed by atoms with Crippen LogP contribution in [0.5, 0.6) is 0 Å². The summed E-state index contributed by atoms with van der Waals surface area (Å²) in [7, 11) is 0. The molecule has 0 N–H and O–H groups in total. The summed E-state index contributed by atoms with van der Waals surface area (Å²) in [5.74, 6) is 0. The Hall–Kier alpha value is -4.62. The number of anilines is 1. The second-order valence-electron chi connectivity index (χ2n) is 18.9. The van der Waals surface area contributed by atoms with E-state index in [4.69, 9.17) is 0 Å². The van der Waals surface area contributed by atoms with Gasteiger partial charge in [0.1, 0.15) is 0 Å². The number of rotatable bonds is 3. The minimum absolute atomic E-state index is 0.0410. The molecule has 0 bridgehead atoms. The fraction of sp³-hybridized carbons (Fsp3) is 0.320. The van der Waals surface area contributed by atoms with E-state index in [1.54, 1.807) is 0 Å². The third-order valence-electron chi connectivity index (χ3n) is 10.9. The summed E-state index contributed by atoms with van der Waals surface area (Å²) >= 11 is 0. The molecule has 0 fully saturated rings. The average Bonchev–Trinajstić information content (AvgIpc) is 3.54. The van der Waals surface area contributed by atoms with Gasteiger partial charge in [0, 0.05) is 29.2 Å². The zero-order valence-corrected chi connectivity index (χ0v) is 32.9. The van der Waals surface area contributed by atoms with Gasteiger partial charge in [0.25, 0.3) is 0 Å². The molecule has 2 aliphatic carbocycles. The van der Waals surface area contributed by atoms with Crippen molar-refractivity contribution in [2.45, 2.75) is 105 Å². The third-order valence-corrected chi connectivity index (χ3v) is 10.9. The van der Waals surface area contributed by atoms with Crippen molar-refractivity contribution < 1.29 is 0 Å². The van der Waals surface area contributed by atoms with Gasteiger partial charge >= 0.3 is 0 Å². The van der Waals surface area contributed by atoms with Crippen molar-refractivity contribution in [3.05, 3.63) is 160 Å². The van der Waals surface area contributed by atoms with Crippen LogP contribution in [0.3, 0.4) is 0 Å². The fourth-order valence-corrected chi connectivity index (χ4v) is 7.51. The summed E-state index contributed by atoms with van der Waals surface area (Å²) in [5, 5.41) is 0. The molecule has 0 saturated heterocycles. The van der Waals surface area contributed by atoms with Gasteiger partial charge in [-0.15, -0.1) is 0 Å². The highest BCUT2D eigenvalue weighted by Crippen LogP contribution is 2.50. The summed E-state index contributed by atoms with van der Waals surface area (Å²) in [6, 6.07) is 39.4. The molecule has 0 spiro atoms. The standard InChI is InChI=1S/C50H55N/c1-47(2,3)32-18-22-37-38-23-19-33(48(4,5)6)27-42(38)45(41(37)26-32)30-51(36-16-14-13-15-17-36)31-46-43-28-34(49(7,8)9)20-24-39(43)40-25-21-35(29-44(40)46)50(10,11)12/h13-31H,1-12H3. The van der Waals surface area contributed by atoms with Gasteiger partial charge in [0.05, 0.1) is 0 Å². The van der Waals surface area contributed by atoms with Crippen LogP contribution in [0.2, 0.25) is 0 Å². The van der Waals surface area contributed by atoms with Crippen LogP contribution in [-0.4, -0.2) is 0 Å². The Bertz CT molecular complexity index is 1940. The molecule has 7 rings (SSSR count). The maximum absolute atomic E-state index is 2.44. The van der Waals surface area contributed by atoms with Crippen molar-refractivity contribution >= 4 is 16.8 Å². The molecule has 0 saturated carbocycles. The lowest BCUT2D eigenvalue weighted by atomic mass is 9.84. The molecule has 0 unspecified atom stereocenters. The van der Waals surface area contributed by atoms with E-state index in [9.17, 15) is 0 Å². The molecule has 0 radical (unpaired) electrons. The number of para-hydroxylation sites is 1. The van der Waals surface area contributed by atoms with Crippen molar-refractivity contribution in [1.82, 2.24) is 0 Å². The smallest absolute Gasteiger partial charge is 0.0449 e. The maximum atomic E-state index is 2.44. The number of benzene rings is 5. The minimum atomic E-state index is 0.0410. The van der Waals surface area contributed by atoms with Crippen LogP contribution in [0.25, 0.3) is 33.4 Å². The Balaban J connectivity index is 1.52. The zero-order chi connectivity index (χ0) is 36.7. The molecule has 0 aliphatic heterocycles. The van der Waals surface area contributed by atoms with E-state index in [0.29, 0.717) is 0 Å². The molecule has 51 heavy (non-hydrogen) atoms. The van der Waals surface area contributed by atoms with Gasteiger partial charge in [0.15, 0.2) is 0 Å². The largest absolute Gasteiger partial charge is 0.323 e. The predicted molar refractivity (Wildman–Crippen MR) is 222 cm³/mol. The molecule has 1 heteroatoms. The Morgan fingerprint density at radius 1 is 0.333 bits per heavy atom. The Morgan fingerprint density at radius 3 is 0.863 bits per heavy atom. The summed E-state index contributed by atoms with van der Waals surface area (Å²) in [6.45, 7) is 27.7. The minimum Gasteiger partial charge on any atom is -0.323 e. The van der Waals surface area contributed by atoms with Crippen LogP contribution in [0, 0.1) is 0 Å². The predicted octanol–water partition coefficient (Wildman–Crippen LogP) is 13.8. The molecule has 0 atom stereocenters. The van der Waals surface area contributed by atoms with Crippen LogP contribution in [0.15, 0.2) is 116 Å². The molecule has 1 nitrogen and oxygen atoms in total. The van der Waals surface area contributed by atoms with Gasteiger partial charge in [-0.3, -0.25) is 0 Å². The zero-order valence-electron chi connectivity index (χ0n) is 32.9. The van der Waals surface area contributed by atoms with Crippen molar-refractivity contribution in [2.24, 2.45) is 0 Å². The molecule has 5 aromatic carbocycles. The molecule has 0 amide bonds. The van der Waals surface area contributed by atoms with Crippen LogP contribution in [0.1, 0.15) is 128 Å². The van der Waals surface area contributed by atoms with Crippen molar-refractivity contribution in [1.29, 1.82) is 0 Å². The van der Waals surface area contributed by atoms with E-state index >= 15 is 0 Å². The molecular formula is C50H55N. The van der Waals surface area contributed by atoms with Crippen LogP contribution in [0.4, 0.5) is 5.69 Å². The SMILES string of the molecule is CC(C)(C)c1ccc2c(c1)C(=CN(C=C1c3cc(C(C)(C)C)ccc3-c3ccc(C(C)(C)C)cc31)c1ccccc1)c1cc(C(C)(C)C)ccc1-2. The summed E-state index contributed by atoms with van der Waals surface area (Å²) in [4.78, 5) is 2.39. The van der Waals surface area contributed by atoms with Crippen LogP contribution in [-0.2, 0) is 21.7 Å². The van der Waals surface area contributed by atoms with Gasteiger partial charge in [-0.1, -0.05) is 150 Å². The highest BCUT2D eigenvalue weighted by atomic mass is 15.1. The van der Waals surface area contributed by atoms with Gasteiger partial charge in [0.2, 0.25) is 0 Å². The summed E-state index contributed by atoms with van der Waals surface area (Å²) in [6.07, 6.45) is 4.82. The molecule has 260 valence electrons.